The van der Waals surface area contributed by atoms with Crippen molar-refractivity contribution in [2.75, 3.05) is 74.4 Å². The molecule has 7 rings (SSSR count). The number of imidazole rings is 1. The average molecular weight is 557 g/mol. The molecule has 0 amide bonds. The van der Waals surface area contributed by atoms with Gasteiger partial charge in [-0.15, -0.1) is 0 Å². The van der Waals surface area contributed by atoms with Crippen LogP contribution in [0.15, 0.2) is 48.8 Å². The van der Waals surface area contributed by atoms with Crippen LogP contribution in [0.1, 0.15) is 25.5 Å². The molecule has 0 radical (unpaired) electrons. The van der Waals surface area contributed by atoms with Gasteiger partial charge in [0, 0.05) is 63.2 Å². The number of rotatable bonds is 7. The molecule has 2 aromatic heterocycles. The largest absolute Gasteiger partial charge is 0.454 e. The van der Waals surface area contributed by atoms with Gasteiger partial charge in [0.05, 0.1) is 19.5 Å². The Balaban J connectivity index is 1.09. The molecule has 11 nitrogen and oxygen atoms in total. The number of morpholine rings is 1. The van der Waals surface area contributed by atoms with Gasteiger partial charge in [-0.2, -0.15) is 9.97 Å². The molecule has 214 valence electrons. The molecule has 5 heterocycles. The number of hydrogen-bond donors (Lipinski definition) is 1. The monoisotopic (exact) mass is 556 g/mol. The van der Waals surface area contributed by atoms with Crippen molar-refractivity contribution in [3.8, 4) is 11.5 Å². The fourth-order valence-electron chi connectivity index (χ4n) is 5.63. The summed E-state index contributed by atoms with van der Waals surface area (Å²) in [6, 6.07) is 15.0. The minimum atomic E-state index is 0.238. The minimum Gasteiger partial charge on any atom is -0.454 e. The molecule has 4 aromatic rings. The molecule has 0 saturated carbocycles. The molecule has 11 heteroatoms. The third kappa shape index (κ3) is 5.34. The molecule has 3 aliphatic heterocycles. The maximum atomic E-state index is 5.56. The zero-order chi connectivity index (χ0) is 27.8. The summed E-state index contributed by atoms with van der Waals surface area (Å²) in [4.78, 5) is 21.8. The Labute approximate surface area is 239 Å². The number of aromatic nitrogens is 4. The van der Waals surface area contributed by atoms with Gasteiger partial charge in [-0.3, -0.25) is 4.90 Å². The Kier molecular flexibility index (Phi) is 6.97. The third-order valence-corrected chi connectivity index (χ3v) is 7.97. The Bertz CT molecular complexity index is 1510. The van der Waals surface area contributed by atoms with Crippen LogP contribution in [0.25, 0.3) is 11.2 Å². The number of fused-ring (bicyclic) bond motifs is 2. The fourth-order valence-corrected chi connectivity index (χ4v) is 5.63. The SMILES string of the molecule is CC(C)n1cnc2c(Nc3ccc(N4CCOCC4)cc3)nc(N3CCN(Cc4ccc5c(c4)OCO5)CC3)nc21. The zero-order valence-electron chi connectivity index (χ0n) is 23.6. The lowest BCUT2D eigenvalue weighted by Crippen LogP contribution is -2.46. The van der Waals surface area contributed by atoms with E-state index < -0.39 is 0 Å². The van der Waals surface area contributed by atoms with Gasteiger partial charge in [-0.25, -0.2) is 4.98 Å². The summed E-state index contributed by atoms with van der Waals surface area (Å²) in [7, 11) is 0. The zero-order valence-corrected chi connectivity index (χ0v) is 23.6. The van der Waals surface area contributed by atoms with Crippen LogP contribution >= 0.6 is 0 Å². The molecule has 0 unspecified atom stereocenters. The van der Waals surface area contributed by atoms with Gasteiger partial charge in [0.15, 0.2) is 28.5 Å². The van der Waals surface area contributed by atoms with E-state index in [1.54, 1.807) is 0 Å². The second-order valence-electron chi connectivity index (χ2n) is 11.0. The highest BCUT2D eigenvalue weighted by atomic mass is 16.7. The molecule has 0 bridgehead atoms. The molecule has 2 aromatic carbocycles. The topological polar surface area (TPSA) is 93.0 Å². The van der Waals surface area contributed by atoms with Gasteiger partial charge in [0.2, 0.25) is 12.7 Å². The van der Waals surface area contributed by atoms with Crippen molar-refractivity contribution in [2.24, 2.45) is 0 Å². The Morgan fingerprint density at radius 2 is 1.63 bits per heavy atom. The number of piperazine rings is 1. The maximum Gasteiger partial charge on any atom is 0.231 e. The lowest BCUT2D eigenvalue weighted by molar-refractivity contribution is 0.122. The molecule has 0 atom stereocenters. The average Bonchev–Trinajstić information content (AvgIpc) is 3.66. The van der Waals surface area contributed by atoms with E-state index in [1.807, 2.05) is 12.4 Å². The van der Waals surface area contributed by atoms with Crippen molar-refractivity contribution in [3.05, 3.63) is 54.4 Å². The molecule has 1 N–H and O–H groups in total. The van der Waals surface area contributed by atoms with Crippen molar-refractivity contribution in [1.29, 1.82) is 0 Å². The lowest BCUT2D eigenvalue weighted by atomic mass is 10.1. The smallest absolute Gasteiger partial charge is 0.231 e. The number of anilines is 4. The Morgan fingerprint density at radius 1 is 0.854 bits per heavy atom. The number of benzene rings is 2. The molecule has 2 fully saturated rings. The number of hydrogen-bond acceptors (Lipinski definition) is 10. The first-order chi connectivity index (χ1) is 20.1. The molecule has 0 aliphatic carbocycles. The van der Waals surface area contributed by atoms with Crippen LogP contribution in [0.2, 0.25) is 0 Å². The highest BCUT2D eigenvalue weighted by Crippen LogP contribution is 2.33. The summed E-state index contributed by atoms with van der Waals surface area (Å²) >= 11 is 0. The predicted molar refractivity (Wildman–Crippen MR) is 159 cm³/mol. The summed E-state index contributed by atoms with van der Waals surface area (Å²) in [6.07, 6.45) is 1.86. The van der Waals surface area contributed by atoms with E-state index in [2.05, 4.69) is 74.8 Å². The first-order valence-corrected chi connectivity index (χ1v) is 14.4. The van der Waals surface area contributed by atoms with Crippen LogP contribution in [0.4, 0.5) is 23.1 Å². The van der Waals surface area contributed by atoms with Crippen molar-refractivity contribution >= 4 is 34.3 Å². The lowest BCUT2D eigenvalue weighted by Gasteiger charge is -2.35. The first-order valence-electron chi connectivity index (χ1n) is 14.4. The van der Waals surface area contributed by atoms with Gasteiger partial charge in [-0.1, -0.05) is 6.07 Å². The molecule has 3 aliphatic rings. The third-order valence-electron chi connectivity index (χ3n) is 7.97. The normalized spacial score (nSPS) is 17.5. The van der Waals surface area contributed by atoms with Gasteiger partial charge in [0.25, 0.3) is 0 Å². The van der Waals surface area contributed by atoms with Gasteiger partial charge in [-0.05, 0) is 55.8 Å². The maximum absolute atomic E-state index is 5.56. The first kappa shape index (κ1) is 25.8. The van der Waals surface area contributed by atoms with E-state index in [9.17, 15) is 0 Å². The summed E-state index contributed by atoms with van der Waals surface area (Å²) in [5, 5.41) is 3.54. The number of ether oxygens (including phenoxy) is 3. The van der Waals surface area contributed by atoms with Crippen LogP contribution in [0.3, 0.4) is 0 Å². The van der Waals surface area contributed by atoms with E-state index in [1.165, 1.54) is 11.3 Å². The number of nitrogens with one attached hydrogen (secondary N) is 1. The van der Waals surface area contributed by atoms with Crippen LogP contribution in [0.5, 0.6) is 11.5 Å². The molecular weight excluding hydrogens is 520 g/mol. The van der Waals surface area contributed by atoms with Crippen molar-refractivity contribution in [1.82, 2.24) is 24.4 Å². The molecule has 2 saturated heterocycles. The Morgan fingerprint density at radius 3 is 2.41 bits per heavy atom. The Hall–Kier alpha value is -4.09. The highest BCUT2D eigenvalue weighted by Gasteiger charge is 2.23. The molecule has 0 spiro atoms. The van der Waals surface area contributed by atoms with Crippen LogP contribution in [-0.2, 0) is 11.3 Å². The number of nitrogens with zero attached hydrogens (tertiary/aromatic N) is 7. The van der Waals surface area contributed by atoms with Crippen molar-refractivity contribution in [3.63, 3.8) is 0 Å². The summed E-state index contributed by atoms with van der Waals surface area (Å²) in [6.45, 7) is 12.4. The van der Waals surface area contributed by atoms with E-state index in [-0.39, 0.29) is 6.04 Å². The van der Waals surface area contributed by atoms with Crippen molar-refractivity contribution < 1.29 is 14.2 Å². The van der Waals surface area contributed by atoms with E-state index >= 15 is 0 Å². The minimum absolute atomic E-state index is 0.238. The van der Waals surface area contributed by atoms with E-state index in [4.69, 9.17) is 29.2 Å². The molecule has 41 heavy (non-hydrogen) atoms. The fraction of sp³-hybridized carbons (Fsp3) is 0.433. The van der Waals surface area contributed by atoms with E-state index in [0.29, 0.717) is 6.79 Å². The second kappa shape index (κ2) is 11.1. The standard InChI is InChI=1S/C30H36N8O3/c1-21(2)38-19-31-27-28(32-23-4-6-24(7-5-23)36-13-15-39-16-14-36)33-30(34-29(27)38)37-11-9-35(10-12-37)18-22-3-8-25-26(17-22)41-20-40-25/h3-8,17,19,21H,9-16,18,20H2,1-2H3,(H,32,33,34). The highest BCUT2D eigenvalue weighted by molar-refractivity contribution is 5.87. The van der Waals surface area contributed by atoms with Crippen LogP contribution in [0, 0.1) is 0 Å². The summed E-state index contributed by atoms with van der Waals surface area (Å²) in [5.74, 6) is 3.12. The van der Waals surface area contributed by atoms with Gasteiger partial charge in [0.1, 0.15) is 0 Å². The van der Waals surface area contributed by atoms with Crippen molar-refractivity contribution in [2.45, 2.75) is 26.4 Å². The quantitative estimate of drug-likeness (QED) is 0.360. The molecular formula is C30H36N8O3. The van der Waals surface area contributed by atoms with E-state index in [0.717, 1.165) is 99.1 Å². The van der Waals surface area contributed by atoms with Gasteiger partial charge >= 0.3 is 0 Å². The predicted octanol–water partition coefficient (Wildman–Crippen LogP) is 4.04. The van der Waals surface area contributed by atoms with Gasteiger partial charge < -0.3 is 33.9 Å². The summed E-state index contributed by atoms with van der Waals surface area (Å²) < 4.78 is 18.6. The van der Waals surface area contributed by atoms with Crippen LogP contribution in [-0.4, -0.2) is 83.7 Å². The van der Waals surface area contributed by atoms with Crippen LogP contribution < -0.4 is 24.6 Å². The summed E-state index contributed by atoms with van der Waals surface area (Å²) in [5.41, 5.74) is 5.03. The second-order valence-corrected chi connectivity index (χ2v) is 11.0.